The number of hydrogen-bond donors (Lipinski definition) is 0. The second-order valence-corrected chi connectivity index (χ2v) is 1.77. The third kappa shape index (κ3) is 15.7. The molecule has 0 spiro atoms. The molecular weight excluding hydrogens is 120 g/mol. The van der Waals surface area contributed by atoms with Crippen LogP contribution >= 0.6 is 0 Å². The normalized spacial score (nSPS) is 12.0. The van der Waals surface area contributed by atoms with E-state index in [0.29, 0.717) is 0 Å². The Morgan fingerprint density at radius 3 is 0.500 bits per heavy atom. The summed E-state index contributed by atoms with van der Waals surface area (Å²) < 4.78 is 0. The van der Waals surface area contributed by atoms with E-state index in [9.17, 15) is 0 Å². The zero-order chi connectivity index (χ0) is 3.54. The Morgan fingerprint density at radius 1 is 0.300 bits per heavy atom. The second kappa shape index (κ2) is 23.0. The van der Waals surface area contributed by atoms with Gasteiger partial charge in [0.1, 0.15) is 0 Å². The van der Waals surface area contributed by atoms with Crippen LogP contribution < -0.4 is 0 Å². The van der Waals surface area contributed by atoms with Gasteiger partial charge < -0.3 is 0 Å². The summed E-state index contributed by atoms with van der Waals surface area (Å²) >= 11 is 0. The molecule has 10 heavy (non-hydrogen) atoms. The van der Waals surface area contributed by atoms with Crippen molar-refractivity contribution >= 4 is 0 Å². The summed E-state index contributed by atoms with van der Waals surface area (Å²) in [6.07, 6.45) is 7.50. The zero-order valence-electron chi connectivity index (χ0n) is 3.54. The van der Waals surface area contributed by atoms with Gasteiger partial charge in [-0.3, -0.25) is 0 Å². The van der Waals surface area contributed by atoms with Crippen molar-refractivity contribution in [1.82, 2.24) is 0 Å². The minimum absolute atomic E-state index is 0. The molecule has 0 bridgehead atoms. The first kappa shape index (κ1) is 32.4. The summed E-state index contributed by atoms with van der Waals surface area (Å²) in [5.74, 6) is 0. The molecule has 0 aromatic rings. The van der Waals surface area contributed by atoms with Gasteiger partial charge in [0.25, 0.3) is 0 Å². The summed E-state index contributed by atoms with van der Waals surface area (Å²) in [6.45, 7) is 0. The maximum atomic E-state index is 1.50. The van der Waals surface area contributed by atoms with Crippen molar-refractivity contribution in [2.75, 3.05) is 0 Å². The Hall–Kier alpha value is 0. The monoisotopic (exact) mass is 150 g/mol. The summed E-state index contributed by atoms with van der Waals surface area (Å²) in [6, 6.07) is 0. The van der Waals surface area contributed by atoms with Gasteiger partial charge in [-0.15, -0.1) is 0 Å². The van der Waals surface area contributed by atoms with E-state index in [1.165, 1.54) is 32.1 Å². The lowest BCUT2D eigenvalue weighted by molar-refractivity contribution is 0.886. The molecule has 1 saturated carbocycles. The standard InChI is InChI=1S/C5H10.5CH4/c1-2-4-5-3-1;;;;;/h1-5H2;5*1H4. The van der Waals surface area contributed by atoms with Crippen LogP contribution in [0.5, 0.6) is 0 Å². The lowest BCUT2D eigenvalue weighted by Gasteiger charge is -1.67. The largest absolute Gasteiger partial charge is 0.0776 e. The fourth-order valence-electron chi connectivity index (χ4n) is 0.884. The molecule has 0 heterocycles. The first-order valence-electron chi connectivity index (χ1n) is 2.50. The van der Waals surface area contributed by atoms with Crippen LogP contribution in [0.4, 0.5) is 0 Å². The quantitative estimate of drug-likeness (QED) is 0.449. The minimum Gasteiger partial charge on any atom is -0.0776 e. The van der Waals surface area contributed by atoms with Crippen LogP contribution in [0.25, 0.3) is 0 Å². The molecule has 0 heteroatoms. The second-order valence-electron chi connectivity index (χ2n) is 1.77. The predicted octanol–water partition coefficient (Wildman–Crippen LogP) is 5.13. The van der Waals surface area contributed by atoms with Gasteiger partial charge in [-0.2, -0.15) is 0 Å². The predicted molar refractivity (Wildman–Crippen MR) is 56.7 cm³/mol. The third-order valence-electron chi connectivity index (χ3n) is 1.25. The summed E-state index contributed by atoms with van der Waals surface area (Å²) in [7, 11) is 0. The van der Waals surface area contributed by atoms with Crippen LogP contribution in [0.1, 0.15) is 69.2 Å². The Labute approximate surface area is 70.0 Å². The first-order chi connectivity index (χ1) is 2.50. The Kier molecular flexibility index (Phi) is 74.6. The van der Waals surface area contributed by atoms with E-state index in [2.05, 4.69) is 0 Å². The van der Waals surface area contributed by atoms with Crippen molar-refractivity contribution in [3.05, 3.63) is 0 Å². The highest BCUT2D eigenvalue weighted by Crippen LogP contribution is 2.15. The number of rotatable bonds is 0. The van der Waals surface area contributed by atoms with Crippen LogP contribution in [0.3, 0.4) is 0 Å². The highest BCUT2D eigenvalue weighted by Gasteiger charge is 1.95. The summed E-state index contributed by atoms with van der Waals surface area (Å²) in [5.41, 5.74) is 0. The zero-order valence-corrected chi connectivity index (χ0v) is 3.54. The van der Waals surface area contributed by atoms with E-state index in [-0.39, 0.29) is 37.1 Å². The lowest BCUT2D eigenvalue weighted by Crippen LogP contribution is -1.47. The van der Waals surface area contributed by atoms with Crippen molar-refractivity contribution in [2.45, 2.75) is 69.2 Å². The van der Waals surface area contributed by atoms with Crippen molar-refractivity contribution in [2.24, 2.45) is 0 Å². The van der Waals surface area contributed by atoms with E-state index < -0.39 is 0 Å². The smallest absolute Gasteiger partial charge is 0.0533 e. The molecular formula is C10H30. The molecule has 0 aliphatic heterocycles. The molecule has 1 rings (SSSR count). The molecule has 0 radical (unpaired) electrons. The van der Waals surface area contributed by atoms with E-state index in [1.54, 1.807) is 0 Å². The fourth-order valence-corrected chi connectivity index (χ4v) is 0.884. The van der Waals surface area contributed by atoms with E-state index in [0.717, 1.165) is 0 Å². The summed E-state index contributed by atoms with van der Waals surface area (Å²) in [5, 5.41) is 0. The van der Waals surface area contributed by atoms with Gasteiger partial charge in [0.15, 0.2) is 0 Å². The van der Waals surface area contributed by atoms with Crippen molar-refractivity contribution < 1.29 is 0 Å². The van der Waals surface area contributed by atoms with Gasteiger partial charge in [-0.05, 0) is 0 Å². The molecule has 1 aliphatic rings. The van der Waals surface area contributed by atoms with E-state index >= 15 is 0 Å². The fraction of sp³-hybridized carbons (Fsp3) is 1.00. The summed E-state index contributed by atoms with van der Waals surface area (Å²) in [4.78, 5) is 0. The lowest BCUT2D eigenvalue weighted by atomic mass is 10.4. The molecule has 1 aliphatic carbocycles. The van der Waals surface area contributed by atoms with Crippen LogP contribution in [0.15, 0.2) is 0 Å². The first-order valence-corrected chi connectivity index (χ1v) is 2.50. The topological polar surface area (TPSA) is 0 Å². The molecule has 0 nitrogen and oxygen atoms in total. The van der Waals surface area contributed by atoms with Gasteiger partial charge in [0.05, 0.1) is 0 Å². The Balaban J connectivity index is -0.0000000167. The number of hydrogen-bond acceptors (Lipinski definition) is 0. The average molecular weight is 150 g/mol. The van der Waals surface area contributed by atoms with Crippen molar-refractivity contribution in [3.8, 4) is 0 Å². The SMILES string of the molecule is C.C.C.C.C.C1CCCC1. The maximum Gasteiger partial charge on any atom is -0.0533 e. The molecule has 0 aromatic heterocycles. The Bertz CT molecular complexity index is 11.6. The van der Waals surface area contributed by atoms with Crippen LogP contribution in [-0.2, 0) is 0 Å². The molecule has 0 amide bonds. The molecule has 70 valence electrons. The van der Waals surface area contributed by atoms with Gasteiger partial charge in [0.2, 0.25) is 0 Å². The third-order valence-corrected chi connectivity index (χ3v) is 1.25. The van der Waals surface area contributed by atoms with E-state index in [1.807, 2.05) is 0 Å². The van der Waals surface area contributed by atoms with Gasteiger partial charge >= 0.3 is 0 Å². The molecule has 0 saturated heterocycles. The van der Waals surface area contributed by atoms with Gasteiger partial charge in [0, 0.05) is 0 Å². The maximum absolute atomic E-state index is 1.50. The van der Waals surface area contributed by atoms with Crippen molar-refractivity contribution in [1.29, 1.82) is 0 Å². The Morgan fingerprint density at radius 2 is 0.400 bits per heavy atom. The molecule has 0 unspecified atom stereocenters. The van der Waals surface area contributed by atoms with Gasteiger partial charge in [-0.1, -0.05) is 69.2 Å². The molecule has 1 fully saturated rings. The highest BCUT2D eigenvalue weighted by atomic mass is 14.0. The molecule has 0 aromatic carbocycles. The average Bonchev–Trinajstić information content (AvgIpc) is 1.76. The van der Waals surface area contributed by atoms with Crippen LogP contribution in [0, 0.1) is 0 Å². The van der Waals surface area contributed by atoms with Crippen molar-refractivity contribution in [3.63, 3.8) is 0 Å². The molecule has 0 N–H and O–H groups in total. The molecule has 0 atom stereocenters. The van der Waals surface area contributed by atoms with Crippen LogP contribution in [0.2, 0.25) is 0 Å². The van der Waals surface area contributed by atoms with E-state index in [4.69, 9.17) is 0 Å². The minimum atomic E-state index is 0. The van der Waals surface area contributed by atoms with Crippen LogP contribution in [-0.4, -0.2) is 0 Å². The highest BCUT2D eigenvalue weighted by molar-refractivity contribution is 4.51. The van der Waals surface area contributed by atoms with Gasteiger partial charge in [-0.25, -0.2) is 0 Å².